The second-order valence-electron chi connectivity index (χ2n) is 4.66. The molecule has 0 aromatic heterocycles. The van der Waals surface area contributed by atoms with E-state index < -0.39 is 16.1 Å². The first-order valence-corrected chi connectivity index (χ1v) is 7.93. The van der Waals surface area contributed by atoms with Crippen molar-refractivity contribution in [2.45, 2.75) is 17.9 Å². The third kappa shape index (κ3) is 3.53. The van der Waals surface area contributed by atoms with E-state index in [9.17, 15) is 8.42 Å². The number of benzene rings is 2. The molecule has 0 bridgehead atoms. The van der Waals surface area contributed by atoms with Gasteiger partial charge in [0.15, 0.2) is 0 Å². The fraction of sp³-hybridized carbons (Fsp3) is 0.200. The highest BCUT2D eigenvalue weighted by atomic mass is 32.2. The molecule has 3 N–H and O–H groups in total. The molecule has 112 valence electrons. The monoisotopic (exact) mass is 306 g/mol. The molecule has 0 radical (unpaired) electrons. The normalized spacial score (nSPS) is 12.9. The van der Waals surface area contributed by atoms with Gasteiger partial charge >= 0.3 is 0 Å². The molecule has 0 spiro atoms. The van der Waals surface area contributed by atoms with Gasteiger partial charge in [0.1, 0.15) is 10.6 Å². The third-order valence-corrected chi connectivity index (χ3v) is 4.75. The third-order valence-electron chi connectivity index (χ3n) is 3.13. The first kappa shape index (κ1) is 15.3. The molecule has 0 aliphatic rings. The number of para-hydroxylation sites is 1. The molecule has 2 rings (SSSR count). The number of hydrogen-bond acceptors (Lipinski definition) is 4. The van der Waals surface area contributed by atoms with Crippen molar-refractivity contribution in [2.75, 3.05) is 12.8 Å². The molecule has 0 aliphatic carbocycles. The highest BCUT2D eigenvalue weighted by molar-refractivity contribution is 7.89. The van der Waals surface area contributed by atoms with Crippen molar-refractivity contribution in [1.82, 2.24) is 4.72 Å². The van der Waals surface area contributed by atoms with Crippen LogP contribution in [-0.4, -0.2) is 15.5 Å². The molecule has 0 heterocycles. The summed E-state index contributed by atoms with van der Waals surface area (Å²) in [6, 6.07) is 13.2. The molecule has 6 heteroatoms. The molecule has 0 fully saturated rings. The van der Waals surface area contributed by atoms with Gasteiger partial charge in [-0.1, -0.05) is 24.3 Å². The van der Waals surface area contributed by atoms with Crippen molar-refractivity contribution in [1.29, 1.82) is 0 Å². The zero-order valence-electron chi connectivity index (χ0n) is 11.9. The molecular formula is C15H18N2O3S. The smallest absolute Gasteiger partial charge is 0.243 e. The van der Waals surface area contributed by atoms with Gasteiger partial charge in [-0.15, -0.1) is 0 Å². The van der Waals surface area contributed by atoms with Gasteiger partial charge in [-0.3, -0.25) is 0 Å². The zero-order valence-corrected chi connectivity index (χ0v) is 12.7. The van der Waals surface area contributed by atoms with Crippen LogP contribution in [0, 0.1) is 0 Å². The summed E-state index contributed by atoms with van der Waals surface area (Å²) in [5.41, 5.74) is 6.76. The molecule has 0 saturated carbocycles. The second-order valence-corrected chi connectivity index (χ2v) is 6.34. The Balaban J connectivity index is 2.26. The molecule has 1 unspecified atom stereocenters. The van der Waals surface area contributed by atoms with Crippen molar-refractivity contribution in [3.8, 4) is 5.75 Å². The van der Waals surface area contributed by atoms with Gasteiger partial charge in [-0.2, -0.15) is 0 Å². The van der Waals surface area contributed by atoms with E-state index >= 15 is 0 Å². The van der Waals surface area contributed by atoms with Gasteiger partial charge in [0, 0.05) is 6.04 Å². The molecule has 5 nitrogen and oxygen atoms in total. The summed E-state index contributed by atoms with van der Waals surface area (Å²) in [7, 11) is -2.11. The van der Waals surface area contributed by atoms with Crippen LogP contribution < -0.4 is 15.2 Å². The summed E-state index contributed by atoms with van der Waals surface area (Å²) in [5.74, 6) is 0.678. The van der Waals surface area contributed by atoms with Crippen LogP contribution in [-0.2, 0) is 10.0 Å². The summed E-state index contributed by atoms with van der Waals surface area (Å²) >= 11 is 0. The first-order chi connectivity index (χ1) is 9.94. The van der Waals surface area contributed by atoms with E-state index in [1.54, 1.807) is 44.4 Å². The number of methoxy groups -OCH3 is 1. The van der Waals surface area contributed by atoms with E-state index in [0.717, 1.165) is 5.56 Å². The van der Waals surface area contributed by atoms with E-state index in [1.165, 1.54) is 6.07 Å². The Labute approximate surface area is 124 Å². The van der Waals surface area contributed by atoms with Gasteiger partial charge in [-0.05, 0) is 36.8 Å². The second kappa shape index (κ2) is 6.15. The van der Waals surface area contributed by atoms with Crippen LogP contribution in [0.25, 0.3) is 0 Å². The fourth-order valence-corrected chi connectivity index (χ4v) is 3.36. The van der Waals surface area contributed by atoms with E-state index in [0.29, 0.717) is 5.75 Å². The Morgan fingerprint density at radius 3 is 2.52 bits per heavy atom. The van der Waals surface area contributed by atoms with Crippen LogP contribution in [0.5, 0.6) is 5.75 Å². The number of rotatable bonds is 5. The van der Waals surface area contributed by atoms with Gasteiger partial charge < -0.3 is 10.5 Å². The number of hydrogen-bond donors (Lipinski definition) is 2. The molecule has 0 amide bonds. The number of nitrogens with one attached hydrogen (secondary N) is 1. The minimum absolute atomic E-state index is 0.0831. The molecule has 21 heavy (non-hydrogen) atoms. The Kier molecular flexibility index (Phi) is 4.50. The topological polar surface area (TPSA) is 81.4 Å². The van der Waals surface area contributed by atoms with Crippen LogP contribution in [0.2, 0.25) is 0 Å². The molecule has 1 atom stereocenters. The average Bonchev–Trinajstić information content (AvgIpc) is 2.47. The van der Waals surface area contributed by atoms with Crippen LogP contribution in [0.4, 0.5) is 5.69 Å². The number of nitrogens with two attached hydrogens (primary N) is 1. The number of nitrogen functional groups attached to an aromatic ring is 1. The Morgan fingerprint density at radius 2 is 1.86 bits per heavy atom. The van der Waals surface area contributed by atoms with E-state index in [-0.39, 0.29) is 10.6 Å². The Hall–Kier alpha value is -2.05. The van der Waals surface area contributed by atoms with Crippen LogP contribution >= 0.6 is 0 Å². The predicted molar refractivity (Wildman–Crippen MR) is 82.6 cm³/mol. The zero-order chi connectivity index (χ0) is 15.5. The maximum atomic E-state index is 12.4. The average molecular weight is 306 g/mol. The number of sulfonamides is 1. The minimum Gasteiger partial charge on any atom is -0.497 e. The first-order valence-electron chi connectivity index (χ1n) is 6.45. The Morgan fingerprint density at radius 1 is 1.14 bits per heavy atom. The van der Waals surface area contributed by atoms with Crippen LogP contribution in [0.1, 0.15) is 18.5 Å². The van der Waals surface area contributed by atoms with Crippen LogP contribution in [0.3, 0.4) is 0 Å². The summed E-state index contributed by atoms with van der Waals surface area (Å²) in [5, 5.41) is 0. The van der Waals surface area contributed by atoms with E-state index in [1.807, 2.05) is 12.1 Å². The van der Waals surface area contributed by atoms with Gasteiger partial charge in [0.25, 0.3) is 0 Å². The number of anilines is 1. The Bertz CT molecular complexity index is 729. The highest BCUT2D eigenvalue weighted by Gasteiger charge is 2.20. The SMILES string of the molecule is COc1cccc(C(C)NS(=O)(=O)c2ccccc2N)c1. The van der Waals surface area contributed by atoms with E-state index in [2.05, 4.69) is 4.72 Å². The summed E-state index contributed by atoms with van der Waals surface area (Å²) in [6.45, 7) is 1.77. The van der Waals surface area contributed by atoms with Crippen molar-refractivity contribution < 1.29 is 13.2 Å². The maximum Gasteiger partial charge on any atom is 0.243 e. The standard InChI is InChI=1S/C15H18N2O3S/c1-11(12-6-5-7-13(10-12)20-2)17-21(18,19)15-9-4-3-8-14(15)16/h3-11,17H,16H2,1-2H3. The highest BCUT2D eigenvalue weighted by Crippen LogP contribution is 2.23. The minimum atomic E-state index is -3.67. The van der Waals surface area contributed by atoms with Gasteiger partial charge in [0.2, 0.25) is 10.0 Å². The quantitative estimate of drug-likeness (QED) is 0.831. The predicted octanol–water partition coefficient (Wildman–Crippen LogP) is 2.32. The van der Waals surface area contributed by atoms with Crippen LogP contribution in [0.15, 0.2) is 53.4 Å². The molecule has 0 saturated heterocycles. The van der Waals surface area contributed by atoms with Crippen molar-refractivity contribution in [2.24, 2.45) is 0 Å². The largest absolute Gasteiger partial charge is 0.497 e. The van der Waals surface area contributed by atoms with Crippen molar-refractivity contribution >= 4 is 15.7 Å². The maximum absolute atomic E-state index is 12.4. The molecule has 2 aromatic rings. The van der Waals surface area contributed by atoms with E-state index in [4.69, 9.17) is 10.5 Å². The van der Waals surface area contributed by atoms with Crippen molar-refractivity contribution in [3.05, 3.63) is 54.1 Å². The molecule has 2 aromatic carbocycles. The lowest BCUT2D eigenvalue weighted by Crippen LogP contribution is -2.27. The molecular weight excluding hydrogens is 288 g/mol. The lowest BCUT2D eigenvalue weighted by atomic mass is 10.1. The lowest BCUT2D eigenvalue weighted by molar-refractivity contribution is 0.413. The molecule has 0 aliphatic heterocycles. The van der Waals surface area contributed by atoms with Gasteiger partial charge in [0.05, 0.1) is 12.8 Å². The van der Waals surface area contributed by atoms with Gasteiger partial charge in [-0.25, -0.2) is 13.1 Å². The van der Waals surface area contributed by atoms with Crippen molar-refractivity contribution in [3.63, 3.8) is 0 Å². The lowest BCUT2D eigenvalue weighted by Gasteiger charge is -2.16. The summed E-state index contributed by atoms with van der Waals surface area (Å²) < 4.78 is 32.5. The summed E-state index contributed by atoms with van der Waals surface area (Å²) in [4.78, 5) is 0.0831. The fourth-order valence-electron chi connectivity index (χ4n) is 2.00. The summed E-state index contributed by atoms with van der Waals surface area (Å²) in [6.07, 6.45) is 0. The number of ether oxygens (including phenoxy) is 1.